The van der Waals surface area contributed by atoms with E-state index in [0.717, 1.165) is 4.47 Å². The Labute approximate surface area is 172 Å². The van der Waals surface area contributed by atoms with Crippen molar-refractivity contribution in [2.45, 2.75) is 24.7 Å². The van der Waals surface area contributed by atoms with Gasteiger partial charge in [-0.25, -0.2) is 13.6 Å². The van der Waals surface area contributed by atoms with Gasteiger partial charge in [0.1, 0.15) is 0 Å². The summed E-state index contributed by atoms with van der Waals surface area (Å²) in [5.41, 5.74) is 1.63. The number of primary sulfonamides is 1. The Balaban J connectivity index is 1.77. The maximum Gasteiger partial charge on any atom is 0.238 e. The Bertz CT molecular complexity index is 1040. The first-order valence-corrected chi connectivity index (χ1v) is 11.1. The summed E-state index contributed by atoms with van der Waals surface area (Å²) >= 11 is 3.42. The Morgan fingerprint density at radius 2 is 2.00 bits per heavy atom. The second-order valence-corrected chi connectivity index (χ2v) is 8.95. The molecule has 1 aliphatic heterocycles. The molecule has 1 aliphatic rings. The molecule has 1 saturated heterocycles. The Hall–Kier alpha value is -2.23. The summed E-state index contributed by atoms with van der Waals surface area (Å²) in [5.74, 6) is -1.02. The third-order valence-electron chi connectivity index (χ3n) is 4.66. The molecule has 2 aromatic carbocycles. The molecular formula is C19H20BrN3O4S. The fraction of sp³-hybridized carbons (Fsp3) is 0.263. The molecule has 9 heteroatoms. The monoisotopic (exact) mass is 465 g/mol. The number of hydrogen-bond acceptors (Lipinski definition) is 4. The molecule has 0 bridgehead atoms. The van der Waals surface area contributed by atoms with Gasteiger partial charge in [0.05, 0.1) is 16.5 Å². The fourth-order valence-electron chi connectivity index (χ4n) is 3.22. The highest BCUT2D eigenvalue weighted by Gasteiger charge is 2.35. The number of para-hydroxylation sites is 1. The molecule has 0 saturated carbocycles. The SMILES string of the molecule is CCc1ccc(NC(=O)[C@@H]2CC(=O)N(c3ccccc3Br)C2)cc1S(N)(=O)=O. The van der Waals surface area contributed by atoms with Crippen molar-refractivity contribution in [1.29, 1.82) is 0 Å². The number of benzene rings is 2. The maximum atomic E-state index is 12.7. The van der Waals surface area contributed by atoms with Crippen molar-refractivity contribution in [2.75, 3.05) is 16.8 Å². The molecule has 1 fully saturated rings. The van der Waals surface area contributed by atoms with E-state index >= 15 is 0 Å². The molecule has 0 unspecified atom stereocenters. The molecule has 2 aromatic rings. The largest absolute Gasteiger partial charge is 0.326 e. The van der Waals surface area contributed by atoms with Gasteiger partial charge in [-0.15, -0.1) is 0 Å². The van der Waals surface area contributed by atoms with Crippen LogP contribution in [0.2, 0.25) is 0 Å². The topological polar surface area (TPSA) is 110 Å². The van der Waals surface area contributed by atoms with Gasteiger partial charge in [-0.3, -0.25) is 9.59 Å². The highest BCUT2D eigenvalue weighted by Crippen LogP contribution is 2.32. The smallest absolute Gasteiger partial charge is 0.238 e. The Kier molecular flexibility index (Phi) is 5.87. The lowest BCUT2D eigenvalue weighted by atomic mass is 10.1. The van der Waals surface area contributed by atoms with Gasteiger partial charge in [-0.2, -0.15) is 0 Å². The quantitative estimate of drug-likeness (QED) is 0.706. The van der Waals surface area contributed by atoms with Gasteiger partial charge < -0.3 is 10.2 Å². The van der Waals surface area contributed by atoms with Gasteiger partial charge >= 0.3 is 0 Å². The van der Waals surface area contributed by atoms with E-state index < -0.39 is 15.9 Å². The average molecular weight is 466 g/mol. The fourth-order valence-corrected chi connectivity index (χ4v) is 4.59. The summed E-state index contributed by atoms with van der Waals surface area (Å²) in [4.78, 5) is 26.6. The predicted molar refractivity (Wildman–Crippen MR) is 110 cm³/mol. The first-order chi connectivity index (χ1) is 13.2. The number of aryl methyl sites for hydroxylation is 1. The molecule has 7 nitrogen and oxygen atoms in total. The summed E-state index contributed by atoms with van der Waals surface area (Å²) in [7, 11) is -3.90. The maximum absolute atomic E-state index is 12.7. The lowest BCUT2D eigenvalue weighted by Gasteiger charge is -2.18. The molecule has 3 N–H and O–H groups in total. The Morgan fingerprint density at radius 1 is 1.29 bits per heavy atom. The second kappa shape index (κ2) is 8.02. The molecule has 3 rings (SSSR count). The van der Waals surface area contributed by atoms with Crippen LogP contribution in [0.3, 0.4) is 0 Å². The van der Waals surface area contributed by atoms with Crippen LogP contribution >= 0.6 is 15.9 Å². The van der Waals surface area contributed by atoms with Crippen molar-refractivity contribution < 1.29 is 18.0 Å². The number of halogens is 1. The number of carbonyl (C=O) groups is 2. The number of hydrogen-bond donors (Lipinski definition) is 2. The van der Waals surface area contributed by atoms with Gasteiger partial charge in [0.2, 0.25) is 21.8 Å². The van der Waals surface area contributed by atoms with Crippen LogP contribution in [0.15, 0.2) is 51.8 Å². The predicted octanol–water partition coefficient (Wildman–Crippen LogP) is 2.65. The van der Waals surface area contributed by atoms with Gasteiger partial charge in [-0.1, -0.05) is 25.1 Å². The first-order valence-electron chi connectivity index (χ1n) is 8.72. The zero-order chi connectivity index (χ0) is 20.5. The van der Waals surface area contributed by atoms with E-state index in [-0.39, 0.29) is 29.7 Å². The first kappa shape index (κ1) is 20.5. The van der Waals surface area contributed by atoms with Crippen molar-refractivity contribution >= 4 is 49.1 Å². The van der Waals surface area contributed by atoms with Crippen LogP contribution in [-0.2, 0) is 26.0 Å². The summed E-state index contributed by atoms with van der Waals surface area (Å²) < 4.78 is 24.4. The number of anilines is 2. The lowest BCUT2D eigenvalue weighted by Crippen LogP contribution is -2.28. The molecule has 148 valence electrons. The molecule has 1 heterocycles. The summed E-state index contributed by atoms with van der Waals surface area (Å²) in [5, 5.41) is 7.98. The number of nitrogens with two attached hydrogens (primary N) is 1. The third-order valence-corrected chi connectivity index (χ3v) is 6.32. The molecular weight excluding hydrogens is 446 g/mol. The number of sulfonamides is 1. The van der Waals surface area contributed by atoms with Gasteiger partial charge in [0.15, 0.2) is 0 Å². The molecule has 28 heavy (non-hydrogen) atoms. The van der Waals surface area contributed by atoms with Crippen LogP contribution in [0.25, 0.3) is 0 Å². The minimum Gasteiger partial charge on any atom is -0.326 e. The lowest BCUT2D eigenvalue weighted by molar-refractivity contribution is -0.122. The zero-order valence-corrected chi connectivity index (χ0v) is 17.6. The van der Waals surface area contributed by atoms with Gasteiger partial charge in [-0.05, 0) is 52.2 Å². The number of amides is 2. The molecule has 0 radical (unpaired) electrons. The van der Waals surface area contributed by atoms with Crippen molar-refractivity contribution in [2.24, 2.45) is 11.1 Å². The minimum atomic E-state index is -3.90. The van der Waals surface area contributed by atoms with Crippen LogP contribution in [0.1, 0.15) is 18.9 Å². The van der Waals surface area contributed by atoms with E-state index in [4.69, 9.17) is 5.14 Å². The number of carbonyl (C=O) groups excluding carboxylic acids is 2. The van der Waals surface area contributed by atoms with Crippen LogP contribution in [0.5, 0.6) is 0 Å². The van der Waals surface area contributed by atoms with E-state index in [1.165, 1.54) is 6.07 Å². The average Bonchev–Trinajstić information content (AvgIpc) is 3.03. The highest BCUT2D eigenvalue weighted by molar-refractivity contribution is 9.10. The van der Waals surface area contributed by atoms with E-state index in [1.807, 2.05) is 31.2 Å². The molecule has 1 atom stereocenters. The molecule has 0 aromatic heterocycles. The van der Waals surface area contributed by atoms with Crippen LogP contribution in [-0.4, -0.2) is 26.8 Å². The zero-order valence-electron chi connectivity index (χ0n) is 15.2. The third kappa shape index (κ3) is 4.26. The summed E-state index contributed by atoms with van der Waals surface area (Å²) in [6.45, 7) is 2.07. The molecule has 0 spiro atoms. The molecule has 0 aliphatic carbocycles. The van der Waals surface area contributed by atoms with E-state index in [0.29, 0.717) is 23.4 Å². The van der Waals surface area contributed by atoms with Crippen LogP contribution in [0, 0.1) is 5.92 Å². The Morgan fingerprint density at radius 3 is 2.64 bits per heavy atom. The normalized spacial score (nSPS) is 17.0. The number of rotatable bonds is 5. The summed E-state index contributed by atoms with van der Waals surface area (Å²) in [6, 6.07) is 11.9. The van der Waals surface area contributed by atoms with E-state index in [2.05, 4.69) is 21.2 Å². The van der Waals surface area contributed by atoms with E-state index in [9.17, 15) is 18.0 Å². The van der Waals surface area contributed by atoms with Crippen LogP contribution in [0.4, 0.5) is 11.4 Å². The minimum absolute atomic E-state index is 0.00913. The van der Waals surface area contributed by atoms with Crippen molar-refractivity contribution in [3.05, 3.63) is 52.5 Å². The van der Waals surface area contributed by atoms with Gasteiger partial charge in [0.25, 0.3) is 0 Å². The highest BCUT2D eigenvalue weighted by atomic mass is 79.9. The van der Waals surface area contributed by atoms with Gasteiger partial charge in [0, 0.05) is 23.1 Å². The summed E-state index contributed by atoms with van der Waals surface area (Å²) in [6.07, 6.45) is 0.584. The van der Waals surface area contributed by atoms with Crippen molar-refractivity contribution in [1.82, 2.24) is 0 Å². The number of nitrogens with zero attached hydrogens (tertiary/aromatic N) is 1. The number of nitrogens with one attached hydrogen (secondary N) is 1. The second-order valence-electron chi connectivity index (χ2n) is 6.57. The standard InChI is InChI=1S/C19H20BrN3O4S/c1-2-12-7-8-14(10-17(12)28(21,26)27)22-19(25)13-9-18(24)23(11-13)16-6-4-3-5-15(16)20/h3-8,10,13H,2,9,11H2,1H3,(H,22,25)(H2,21,26,27)/t13-/m1/s1. The molecule has 2 amide bonds. The van der Waals surface area contributed by atoms with Crippen molar-refractivity contribution in [3.8, 4) is 0 Å². The van der Waals surface area contributed by atoms with Crippen LogP contribution < -0.4 is 15.4 Å². The van der Waals surface area contributed by atoms with E-state index in [1.54, 1.807) is 17.0 Å². The van der Waals surface area contributed by atoms with Crippen molar-refractivity contribution in [3.63, 3.8) is 0 Å².